The van der Waals surface area contributed by atoms with E-state index in [0.29, 0.717) is 12.0 Å². The smallest absolute Gasteiger partial charge is 0.0406 e. The second-order valence-electron chi connectivity index (χ2n) is 4.93. The maximum Gasteiger partial charge on any atom is 0.0406 e. The van der Waals surface area contributed by atoms with Crippen molar-refractivity contribution < 1.29 is 0 Å². The van der Waals surface area contributed by atoms with Crippen LogP contribution < -0.4 is 5.32 Å². The van der Waals surface area contributed by atoms with Gasteiger partial charge in [0.1, 0.15) is 0 Å². The Morgan fingerprint density at radius 1 is 1.00 bits per heavy atom. The molecule has 0 bridgehead atoms. The van der Waals surface area contributed by atoms with Gasteiger partial charge in [-0.2, -0.15) is 0 Å². The second kappa shape index (κ2) is 6.74. The maximum absolute atomic E-state index is 5.92. The summed E-state index contributed by atoms with van der Waals surface area (Å²) in [7, 11) is 2.03. The normalized spacial score (nSPS) is 14.1. The molecule has 2 aromatic rings. The number of nitrogens with one attached hydrogen (secondary N) is 1. The molecule has 0 amide bonds. The molecule has 100 valence electrons. The number of rotatable bonds is 5. The quantitative estimate of drug-likeness (QED) is 0.858. The van der Waals surface area contributed by atoms with E-state index < -0.39 is 0 Å². The number of benzene rings is 2. The third kappa shape index (κ3) is 3.82. The Bertz CT molecular complexity index is 492. The van der Waals surface area contributed by atoms with Crippen molar-refractivity contribution in [2.45, 2.75) is 25.3 Å². The zero-order valence-electron chi connectivity index (χ0n) is 11.4. The van der Waals surface area contributed by atoms with Crippen molar-refractivity contribution >= 4 is 11.6 Å². The summed E-state index contributed by atoms with van der Waals surface area (Å²) in [5.74, 6) is 0.474. The van der Waals surface area contributed by atoms with Crippen LogP contribution in [0.5, 0.6) is 0 Å². The van der Waals surface area contributed by atoms with E-state index in [1.807, 2.05) is 19.2 Å². The van der Waals surface area contributed by atoms with Crippen LogP contribution in [0.4, 0.5) is 0 Å². The van der Waals surface area contributed by atoms with Gasteiger partial charge in [-0.3, -0.25) is 0 Å². The van der Waals surface area contributed by atoms with Crippen LogP contribution in [0.25, 0.3) is 0 Å². The lowest BCUT2D eigenvalue weighted by molar-refractivity contribution is 0.483. The van der Waals surface area contributed by atoms with Gasteiger partial charge in [0.05, 0.1) is 0 Å². The Hall–Kier alpha value is -1.31. The summed E-state index contributed by atoms with van der Waals surface area (Å²) in [5, 5.41) is 4.22. The average Bonchev–Trinajstić information content (AvgIpc) is 2.47. The summed E-state index contributed by atoms with van der Waals surface area (Å²) < 4.78 is 0. The fourth-order valence-electron chi connectivity index (χ4n) is 2.39. The highest BCUT2D eigenvalue weighted by molar-refractivity contribution is 6.30. The van der Waals surface area contributed by atoms with Crippen molar-refractivity contribution in [3.8, 4) is 0 Å². The molecule has 1 nitrogen and oxygen atoms in total. The molecule has 0 saturated heterocycles. The first-order chi connectivity index (χ1) is 9.20. The molecule has 1 N–H and O–H groups in total. The third-order valence-electron chi connectivity index (χ3n) is 3.67. The zero-order chi connectivity index (χ0) is 13.7. The molecule has 2 rings (SSSR count). The van der Waals surface area contributed by atoms with Gasteiger partial charge in [0.25, 0.3) is 0 Å². The van der Waals surface area contributed by atoms with Crippen LogP contribution in [0, 0.1) is 0 Å². The van der Waals surface area contributed by atoms with Gasteiger partial charge in [-0.25, -0.2) is 0 Å². The van der Waals surface area contributed by atoms with Crippen molar-refractivity contribution in [3.05, 3.63) is 70.7 Å². The van der Waals surface area contributed by atoms with E-state index in [4.69, 9.17) is 11.6 Å². The minimum absolute atomic E-state index is 0.420. The monoisotopic (exact) mass is 273 g/mol. The molecule has 0 saturated carbocycles. The fourth-order valence-corrected chi connectivity index (χ4v) is 2.52. The van der Waals surface area contributed by atoms with Crippen molar-refractivity contribution in [3.63, 3.8) is 0 Å². The summed E-state index contributed by atoms with van der Waals surface area (Å²) in [6.07, 6.45) is 1.00. The summed E-state index contributed by atoms with van der Waals surface area (Å²) in [6.45, 7) is 2.27. The highest BCUT2D eigenvalue weighted by atomic mass is 35.5. The molecule has 0 spiro atoms. The Morgan fingerprint density at radius 2 is 1.63 bits per heavy atom. The molecule has 2 heteroatoms. The molecule has 19 heavy (non-hydrogen) atoms. The highest BCUT2D eigenvalue weighted by Gasteiger charge is 2.17. The van der Waals surface area contributed by atoms with Gasteiger partial charge in [-0.05, 0) is 42.6 Å². The van der Waals surface area contributed by atoms with Gasteiger partial charge < -0.3 is 5.32 Å². The summed E-state index contributed by atoms with van der Waals surface area (Å²) >= 11 is 5.92. The molecule has 0 aromatic heterocycles. The lowest BCUT2D eigenvalue weighted by atomic mass is 9.89. The maximum atomic E-state index is 5.92. The first-order valence-electron chi connectivity index (χ1n) is 6.67. The van der Waals surface area contributed by atoms with Crippen molar-refractivity contribution in [2.24, 2.45) is 0 Å². The van der Waals surface area contributed by atoms with E-state index in [9.17, 15) is 0 Å². The third-order valence-corrected chi connectivity index (χ3v) is 3.92. The Labute approximate surface area is 120 Å². The minimum atomic E-state index is 0.420. The largest absolute Gasteiger partial charge is 0.316 e. The van der Waals surface area contributed by atoms with Gasteiger partial charge in [0.2, 0.25) is 0 Å². The van der Waals surface area contributed by atoms with Crippen LogP contribution in [-0.4, -0.2) is 13.1 Å². The van der Waals surface area contributed by atoms with Gasteiger partial charge in [0.15, 0.2) is 0 Å². The summed E-state index contributed by atoms with van der Waals surface area (Å²) in [5.41, 5.74) is 2.68. The predicted molar refractivity (Wildman–Crippen MR) is 82.9 cm³/mol. The molecule has 0 fully saturated rings. The Kier molecular flexibility index (Phi) is 5.00. The number of hydrogen-bond acceptors (Lipinski definition) is 1. The lowest BCUT2D eigenvalue weighted by Crippen LogP contribution is -2.32. The van der Waals surface area contributed by atoms with Crippen LogP contribution in [0.2, 0.25) is 5.02 Å². The van der Waals surface area contributed by atoms with E-state index in [2.05, 4.69) is 54.7 Å². The topological polar surface area (TPSA) is 12.0 Å². The molecule has 2 aromatic carbocycles. The molecule has 0 aliphatic carbocycles. The number of halogens is 1. The lowest BCUT2D eigenvalue weighted by Gasteiger charge is -2.24. The van der Waals surface area contributed by atoms with Crippen molar-refractivity contribution in [1.29, 1.82) is 0 Å². The molecule has 0 heterocycles. The molecular formula is C17H20ClN. The van der Waals surface area contributed by atoms with E-state index in [1.165, 1.54) is 11.1 Å². The SMILES string of the molecule is CNC(Cc1ccc(Cl)cc1)C(C)c1ccccc1. The first-order valence-corrected chi connectivity index (χ1v) is 7.05. The summed E-state index contributed by atoms with van der Waals surface area (Å²) in [4.78, 5) is 0. The van der Waals surface area contributed by atoms with E-state index in [0.717, 1.165) is 11.4 Å². The van der Waals surface area contributed by atoms with Crippen molar-refractivity contribution in [1.82, 2.24) is 5.32 Å². The standard InChI is InChI=1S/C17H20ClN/c1-13(15-6-4-3-5-7-15)17(19-2)12-14-8-10-16(18)11-9-14/h3-11,13,17,19H,12H2,1-2H3. The fraction of sp³-hybridized carbons (Fsp3) is 0.294. The number of likely N-dealkylation sites (N-methyl/N-ethyl adjacent to an activating group) is 1. The molecule has 2 atom stereocenters. The second-order valence-corrected chi connectivity index (χ2v) is 5.36. The van der Waals surface area contributed by atoms with E-state index >= 15 is 0 Å². The van der Waals surface area contributed by atoms with Crippen LogP contribution in [0.1, 0.15) is 24.0 Å². The highest BCUT2D eigenvalue weighted by Crippen LogP contribution is 2.22. The van der Waals surface area contributed by atoms with Crippen molar-refractivity contribution in [2.75, 3.05) is 7.05 Å². The zero-order valence-corrected chi connectivity index (χ0v) is 12.2. The Balaban J connectivity index is 2.10. The van der Waals surface area contributed by atoms with Gasteiger partial charge in [0, 0.05) is 11.1 Å². The van der Waals surface area contributed by atoms with Gasteiger partial charge >= 0.3 is 0 Å². The molecule has 0 aliphatic heterocycles. The number of hydrogen-bond donors (Lipinski definition) is 1. The van der Waals surface area contributed by atoms with E-state index in [1.54, 1.807) is 0 Å². The molecule has 2 unspecified atom stereocenters. The van der Waals surface area contributed by atoms with E-state index in [-0.39, 0.29) is 0 Å². The minimum Gasteiger partial charge on any atom is -0.316 e. The molecular weight excluding hydrogens is 254 g/mol. The van der Waals surface area contributed by atoms with Crippen LogP contribution in [0.15, 0.2) is 54.6 Å². The molecule has 0 radical (unpaired) electrons. The van der Waals surface area contributed by atoms with Crippen LogP contribution in [0.3, 0.4) is 0 Å². The first kappa shape index (κ1) is 14.1. The van der Waals surface area contributed by atoms with Gasteiger partial charge in [-0.15, -0.1) is 0 Å². The molecule has 0 aliphatic rings. The Morgan fingerprint density at radius 3 is 2.21 bits per heavy atom. The average molecular weight is 274 g/mol. The van der Waals surface area contributed by atoms with Crippen LogP contribution >= 0.6 is 11.6 Å². The summed E-state index contributed by atoms with van der Waals surface area (Å²) in [6, 6.07) is 19.2. The predicted octanol–water partition coefficient (Wildman–Crippen LogP) is 4.27. The van der Waals surface area contributed by atoms with Gasteiger partial charge in [-0.1, -0.05) is 61.0 Å². The van der Waals surface area contributed by atoms with Crippen LogP contribution in [-0.2, 0) is 6.42 Å².